The number of rotatable bonds is 2. The van der Waals surface area contributed by atoms with Crippen LogP contribution in [0.2, 0.25) is 0 Å². The van der Waals surface area contributed by atoms with Crippen molar-refractivity contribution in [2.75, 3.05) is 13.7 Å². The van der Waals surface area contributed by atoms with Gasteiger partial charge in [-0.1, -0.05) is 20.8 Å². The molecule has 1 N–H and O–H groups in total. The van der Waals surface area contributed by atoms with Gasteiger partial charge < -0.3 is 9.84 Å². The molecule has 2 atom stereocenters. The number of hydrogen-bond donors (Lipinski definition) is 1. The van der Waals surface area contributed by atoms with Gasteiger partial charge >= 0.3 is 0 Å². The summed E-state index contributed by atoms with van der Waals surface area (Å²) < 4.78 is 5.48. The number of ether oxygens (including phenoxy) is 1. The van der Waals surface area contributed by atoms with Crippen LogP contribution in [0.4, 0.5) is 0 Å². The molecule has 0 aliphatic heterocycles. The molecule has 0 bridgehead atoms. The van der Waals surface area contributed by atoms with E-state index >= 15 is 0 Å². The Labute approximate surface area is 81.3 Å². The summed E-state index contributed by atoms with van der Waals surface area (Å²) in [6, 6.07) is 0. The third-order valence-electron chi connectivity index (χ3n) is 3.14. The normalized spacial score (nSPS) is 39.0. The molecule has 1 rings (SSSR count). The van der Waals surface area contributed by atoms with E-state index in [1.165, 1.54) is 6.42 Å². The molecule has 0 amide bonds. The Morgan fingerprint density at radius 3 is 2.38 bits per heavy atom. The molecule has 0 spiro atoms. The number of aliphatic hydroxyl groups is 1. The van der Waals surface area contributed by atoms with E-state index < -0.39 is 0 Å². The third kappa shape index (κ3) is 2.44. The number of hydrogen-bond acceptors (Lipinski definition) is 2. The fourth-order valence-electron chi connectivity index (χ4n) is 3.01. The Balaban J connectivity index is 2.76. The lowest BCUT2D eigenvalue weighted by Crippen LogP contribution is -2.46. The minimum atomic E-state index is -0.277. The third-order valence-corrected chi connectivity index (χ3v) is 3.14. The molecule has 0 saturated heterocycles. The minimum Gasteiger partial charge on any atom is -0.393 e. The maximum Gasteiger partial charge on any atom is 0.0915 e. The van der Waals surface area contributed by atoms with Gasteiger partial charge in [-0.2, -0.15) is 0 Å². The van der Waals surface area contributed by atoms with Crippen molar-refractivity contribution in [1.82, 2.24) is 0 Å². The van der Waals surface area contributed by atoms with Gasteiger partial charge in [-0.25, -0.2) is 0 Å². The van der Waals surface area contributed by atoms with E-state index in [4.69, 9.17) is 4.74 Å². The Morgan fingerprint density at radius 2 is 2.00 bits per heavy atom. The highest BCUT2D eigenvalue weighted by Crippen LogP contribution is 2.45. The highest BCUT2D eigenvalue weighted by atomic mass is 16.5. The van der Waals surface area contributed by atoms with Gasteiger partial charge in [0.15, 0.2) is 0 Å². The zero-order valence-electron chi connectivity index (χ0n) is 9.26. The van der Waals surface area contributed by atoms with Gasteiger partial charge in [-0.05, 0) is 30.6 Å². The molecular weight excluding hydrogens is 164 g/mol. The van der Waals surface area contributed by atoms with Crippen molar-refractivity contribution in [2.45, 2.75) is 45.6 Å². The predicted octanol–water partition coefficient (Wildman–Crippen LogP) is 2.21. The Morgan fingerprint density at radius 1 is 1.38 bits per heavy atom. The van der Waals surface area contributed by atoms with Crippen molar-refractivity contribution in [3.63, 3.8) is 0 Å². The first kappa shape index (κ1) is 11.0. The molecule has 2 heteroatoms. The van der Waals surface area contributed by atoms with Crippen LogP contribution in [-0.4, -0.2) is 24.4 Å². The van der Waals surface area contributed by atoms with E-state index in [1.807, 2.05) is 0 Å². The van der Waals surface area contributed by atoms with Gasteiger partial charge in [0.2, 0.25) is 0 Å². The second-order valence-electron chi connectivity index (χ2n) is 5.40. The summed E-state index contributed by atoms with van der Waals surface area (Å²) in [5.74, 6) is 0.649. The summed E-state index contributed by atoms with van der Waals surface area (Å²) in [6.45, 7) is 6.90. The van der Waals surface area contributed by atoms with E-state index in [1.54, 1.807) is 7.11 Å². The lowest BCUT2D eigenvalue weighted by molar-refractivity contribution is -0.116. The van der Waals surface area contributed by atoms with Crippen LogP contribution in [0.5, 0.6) is 0 Å². The largest absolute Gasteiger partial charge is 0.393 e. The first-order valence-corrected chi connectivity index (χ1v) is 5.09. The highest BCUT2D eigenvalue weighted by molar-refractivity contribution is 4.93. The maximum absolute atomic E-state index is 9.37. The molecule has 0 radical (unpaired) electrons. The number of aliphatic hydroxyl groups excluding tert-OH is 1. The highest BCUT2D eigenvalue weighted by Gasteiger charge is 2.42. The average molecular weight is 186 g/mol. The standard InChI is InChI=1S/C11H22O2/c1-9-5-10(2,3)7-11(6-9,8-12)13-4/h9,12H,5-8H2,1-4H3. The zero-order valence-corrected chi connectivity index (χ0v) is 9.26. The van der Waals surface area contributed by atoms with Gasteiger partial charge in [0.25, 0.3) is 0 Å². The first-order chi connectivity index (χ1) is 5.93. The van der Waals surface area contributed by atoms with Crippen molar-refractivity contribution in [3.05, 3.63) is 0 Å². The van der Waals surface area contributed by atoms with E-state index in [2.05, 4.69) is 20.8 Å². The summed E-state index contributed by atoms with van der Waals surface area (Å²) in [5.41, 5.74) is 0.0254. The molecule has 78 valence electrons. The van der Waals surface area contributed by atoms with Gasteiger partial charge in [0.05, 0.1) is 12.2 Å². The van der Waals surface area contributed by atoms with Crippen LogP contribution >= 0.6 is 0 Å². The molecule has 1 saturated carbocycles. The molecule has 1 aliphatic carbocycles. The quantitative estimate of drug-likeness (QED) is 0.716. The van der Waals surface area contributed by atoms with E-state index in [9.17, 15) is 5.11 Å². The average Bonchev–Trinajstić information content (AvgIpc) is 2.00. The van der Waals surface area contributed by atoms with Crippen LogP contribution in [0, 0.1) is 11.3 Å². The fraction of sp³-hybridized carbons (Fsp3) is 1.00. The van der Waals surface area contributed by atoms with Gasteiger partial charge in [-0.3, -0.25) is 0 Å². The lowest BCUT2D eigenvalue weighted by Gasteiger charge is -2.45. The molecule has 2 nitrogen and oxygen atoms in total. The second-order valence-corrected chi connectivity index (χ2v) is 5.40. The molecule has 1 aliphatic rings. The van der Waals surface area contributed by atoms with Crippen molar-refractivity contribution >= 4 is 0 Å². The summed E-state index contributed by atoms with van der Waals surface area (Å²) in [7, 11) is 1.71. The lowest BCUT2D eigenvalue weighted by atomic mass is 9.66. The second kappa shape index (κ2) is 3.58. The van der Waals surface area contributed by atoms with Crippen LogP contribution in [0.25, 0.3) is 0 Å². The first-order valence-electron chi connectivity index (χ1n) is 5.09. The van der Waals surface area contributed by atoms with Gasteiger partial charge in [-0.15, -0.1) is 0 Å². The van der Waals surface area contributed by atoms with Crippen molar-refractivity contribution in [3.8, 4) is 0 Å². The fourth-order valence-corrected chi connectivity index (χ4v) is 3.01. The van der Waals surface area contributed by atoms with E-state index in [0.29, 0.717) is 11.3 Å². The van der Waals surface area contributed by atoms with Crippen LogP contribution in [0.15, 0.2) is 0 Å². The molecule has 1 fully saturated rings. The van der Waals surface area contributed by atoms with Crippen LogP contribution in [-0.2, 0) is 4.74 Å². The van der Waals surface area contributed by atoms with E-state index in [-0.39, 0.29) is 12.2 Å². The van der Waals surface area contributed by atoms with Crippen molar-refractivity contribution in [1.29, 1.82) is 0 Å². The van der Waals surface area contributed by atoms with Gasteiger partial charge in [0.1, 0.15) is 0 Å². The predicted molar refractivity (Wildman–Crippen MR) is 53.6 cm³/mol. The molecular formula is C11H22O2. The monoisotopic (exact) mass is 186 g/mol. The minimum absolute atomic E-state index is 0.150. The Bertz CT molecular complexity index is 171. The number of methoxy groups -OCH3 is 1. The van der Waals surface area contributed by atoms with Crippen molar-refractivity contribution in [2.24, 2.45) is 11.3 Å². The molecule has 0 aromatic heterocycles. The topological polar surface area (TPSA) is 29.5 Å². The maximum atomic E-state index is 9.37. The van der Waals surface area contributed by atoms with Crippen LogP contribution in [0.3, 0.4) is 0 Å². The summed E-state index contributed by atoms with van der Waals surface area (Å²) in [5, 5.41) is 9.37. The summed E-state index contributed by atoms with van der Waals surface area (Å²) in [4.78, 5) is 0. The van der Waals surface area contributed by atoms with Crippen LogP contribution < -0.4 is 0 Å². The molecule has 0 aromatic rings. The summed E-state index contributed by atoms with van der Waals surface area (Å²) >= 11 is 0. The molecule has 0 aromatic carbocycles. The molecule has 2 unspecified atom stereocenters. The Hall–Kier alpha value is -0.0800. The zero-order chi connectivity index (χ0) is 10.1. The SMILES string of the molecule is COC1(CO)CC(C)CC(C)(C)C1. The van der Waals surface area contributed by atoms with Crippen molar-refractivity contribution < 1.29 is 9.84 Å². The van der Waals surface area contributed by atoms with Gasteiger partial charge in [0, 0.05) is 7.11 Å². The molecule has 0 heterocycles. The molecule has 13 heavy (non-hydrogen) atoms. The Kier molecular flexibility index (Phi) is 3.03. The van der Waals surface area contributed by atoms with E-state index in [0.717, 1.165) is 12.8 Å². The smallest absolute Gasteiger partial charge is 0.0915 e. The van der Waals surface area contributed by atoms with Crippen LogP contribution in [0.1, 0.15) is 40.0 Å². The summed E-state index contributed by atoms with van der Waals surface area (Å²) in [6.07, 6.45) is 3.19.